The molecular formula is C17H16ClF2NO2. The van der Waals surface area contributed by atoms with Gasteiger partial charge in [-0.05, 0) is 43.7 Å². The number of halogens is 3. The fourth-order valence-corrected chi connectivity index (χ4v) is 2.63. The van der Waals surface area contributed by atoms with Gasteiger partial charge in [-0.3, -0.25) is 4.79 Å². The number of methoxy groups -OCH3 is 1. The zero-order valence-corrected chi connectivity index (χ0v) is 13.7. The van der Waals surface area contributed by atoms with Gasteiger partial charge in [0.2, 0.25) is 0 Å². The van der Waals surface area contributed by atoms with Crippen LogP contribution in [0.3, 0.4) is 0 Å². The highest BCUT2D eigenvalue weighted by Gasteiger charge is 2.27. The standard InChI is InChI=1S/C17H16ClF2NO2/c1-17(2,13-7-4-10(19)8-14(13)18)21-16(22)12-6-5-11(23-3)9-15(12)20/h4-9H,1-3H3,(H,21,22). The molecule has 2 aromatic rings. The highest BCUT2D eigenvalue weighted by molar-refractivity contribution is 6.31. The van der Waals surface area contributed by atoms with Crippen LogP contribution in [0.2, 0.25) is 5.02 Å². The molecule has 0 radical (unpaired) electrons. The van der Waals surface area contributed by atoms with Gasteiger partial charge in [0.15, 0.2) is 0 Å². The molecule has 0 bridgehead atoms. The number of carbonyl (C=O) groups excluding carboxylic acids is 1. The van der Waals surface area contributed by atoms with Gasteiger partial charge >= 0.3 is 0 Å². The molecule has 3 nitrogen and oxygen atoms in total. The van der Waals surface area contributed by atoms with Crippen molar-refractivity contribution in [1.82, 2.24) is 5.32 Å². The van der Waals surface area contributed by atoms with Gasteiger partial charge in [-0.1, -0.05) is 17.7 Å². The molecule has 0 saturated heterocycles. The number of nitrogens with one attached hydrogen (secondary N) is 1. The molecular weight excluding hydrogens is 324 g/mol. The number of hydrogen-bond donors (Lipinski definition) is 1. The summed E-state index contributed by atoms with van der Waals surface area (Å²) in [7, 11) is 1.41. The van der Waals surface area contributed by atoms with Crippen LogP contribution in [-0.4, -0.2) is 13.0 Å². The molecule has 122 valence electrons. The number of rotatable bonds is 4. The minimum Gasteiger partial charge on any atom is -0.497 e. The molecule has 0 aliphatic rings. The Kier molecular flexibility index (Phi) is 4.90. The van der Waals surface area contributed by atoms with E-state index in [9.17, 15) is 13.6 Å². The van der Waals surface area contributed by atoms with Crippen LogP contribution in [0, 0.1) is 11.6 Å². The second kappa shape index (κ2) is 6.54. The zero-order valence-electron chi connectivity index (χ0n) is 12.9. The van der Waals surface area contributed by atoms with E-state index in [-0.39, 0.29) is 10.6 Å². The Morgan fingerprint density at radius 2 is 1.87 bits per heavy atom. The molecule has 0 fully saturated rings. The predicted molar refractivity (Wildman–Crippen MR) is 84.9 cm³/mol. The summed E-state index contributed by atoms with van der Waals surface area (Å²) in [6.45, 7) is 3.40. The van der Waals surface area contributed by atoms with Gasteiger partial charge in [-0.25, -0.2) is 8.78 Å². The van der Waals surface area contributed by atoms with Crippen molar-refractivity contribution in [3.63, 3.8) is 0 Å². The van der Waals surface area contributed by atoms with Gasteiger partial charge in [-0.15, -0.1) is 0 Å². The smallest absolute Gasteiger partial charge is 0.254 e. The zero-order chi connectivity index (χ0) is 17.2. The second-order valence-electron chi connectivity index (χ2n) is 5.55. The largest absolute Gasteiger partial charge is 0.497 e. The van der Waals surface area contributed by atoms with Crippen LogP contribution in [0.1, 0.15) is 29.8 Å². The van der Waals surface area contributed by atoms with Gasteiger partial charge in [0.05, 0.1) is 18.2 Å². The van der Waals surface area contributed by atoms with Crippen molar-refractivity contribution >= 4 is 17.5 Å². The van der Waals surface area contributed by atoms with Crippen molar-refractivity contribution in [3.05, 3.63) is 64.2 Å². The maximum atomic E-state index is 14.0. The Labute approximate surface area is 138 Å². The highest BCUT2D eigenvalue weighted by Crippen LogP contribution is 2.29. The molecule has 0 aromatic heterocycles. The summed E-state index contributed by atoms with van der Waals surface area (Å²) in [5, 5.41) is 2.89. The van der Waals surface area contributed by atoms with Gasteiger partial charge in [0.25, 0.3) is 5.91 Å². The van der Waals surface area contributed by atoms with Crippen molar-refractivity contribution in [2.75, 3.05) is 7.11 Å². The lowest BCUT2D eigenvalue weighted by Gasteiger charge is -2.28. The summed E-state index contributed by atoms with van der Waals surface area (Å²) >= 11 is 6.03. The summed E-state index contributed by atoms with van der Waals surface area (Å²) in [5.41, 5.74) is -0.492. The Morgan fingerprint density at radius 1 is 1.17 bits per heavy atom. The summed E-state index contributed by atoms with van der Waals surface area (Å²) in [4.78, 5) is 12.3. The summed E-state index contributed by atoms with van der Waals surface area (Å²) in [6, 6.07) is 7.87. The third-order valence-corrected chi connectivity index (χ3v) is 3.76. The topological polar surface area (TPSA) is 38.3 Å². The average molecular weight is 340 g/mol. The van der Waals surface area contributed by atoms with E-state index < -0.39 is 23.1 Å². The Morgan fingerprint density at radius 3 is 2.43 bits per heavy atom. The second-order valence-corrected chi connectivity index (χ2v) is 5.96. The Bertz CT molecular complexity index is 747. The summed E-state index contributed by atoms with van der Waals surface area (Å²) in [5.74, 6) is -1.44. The lowest BCUT2D eigenvalue weighted by atomic mass is 9.93. The van der Waals surface area contributed by atoms with Crippen LogP contribution < -0.4 is 10.1 Å². The number of hydrogen-bond acceptors (Lipinski definition) is 2. The molecule has 23 heavy (non-hydrogen) atoms. The molecule has 0 aliphatic carbocycles. The van der Waals surface area contributed by atoms with Crippen LogP contribution in [0.5, 0.6) is 5.75 Å². The van der Waals surface area contributed by atoms with Crippen LogP contribution in [0.15, 0.2) is 36.4 Å². The number of carbonyl (C=O) groups is 1. The monoisotopic (exact) mass is 339 g/mol. The Hall–Kier alpha value is -2.14. The van der Waals surface area contributed by atoms with Gasteiger partial charge in [-0.2, -0.15) is 0 Å². The van der Waals surface area contributed by atoms with Crippen LogP contribution in [-0.2, 0) is 5.54 Å². The molecule has 6 heteroatoms. The third-order valence-electron chi connectivity index (χ3n) is 3.45. The van der Waals surface area contributed by atoms with E-state index in [1.54, 1.807) is 13.8 Å². The fraction of sp³-hybridized carbons (Fsp3) is 0.235. The summed E-state index contributed by atoms with van der Waals surface area (Å²) < 4.78 is 32.0. The molecule has 2 rings (SSSR count). The van der Waals surface area contributed by atoms with Crippen molar-refractivity contribution in [2.24, 2.45) is 0 Å². The van der Waals surface area contributed by atoms with Crippen molar-refractivity contribution < 1.29 is 18.3 Å². The molecule has 0 spiro atoms. The first kappa shape index (κ1) is 17.2. The van der Waals surface area contributed by atoms with Gasteiger partial charge in [0, 0.05) is 11.1 Å². The number of benzene rings is 2. The first-order valence-corrected chi connectivity index (χ1v) is 7.24. The maximum absolute atomic E-state index is 14.0. The molecule has 2 aromatic carbocycles. The first-order chi connectivity index (χ1) is 10.7. The van der Waals surface area contributed by atoms with E-state index >= 15 is 0 Å². The van der Waals surface area contributed by atoms with Crippen molar-refractivity contribution in [2.45, 2.75) is 19.4 Å². The lowest BCUT2D eigenvalue weighted by molar-refractivity contribution is 0.0908. The van der Waals surface area contributed by atoms with Gasteiger partial charge in [0.1, 0.15) is 17.4 Å². The number of amides is 1. The van der Waals surface area contributed by atoms with E-state index in [1.807, 2.05) is 0 Å². The molecule has 0 unspecified atom stereocenters. The van der Waals surface area contributed by atoms with E-state index in [0.717, 1.165) is 6.07 Å². The van der Waals surface area contributed by atoms with Crippen molar-refractivity contribution in [1.29, 1.82) is 0 Å². The maximum Gasteiger partial charge on any atom is 0.254 e. The SMILES string of the molecule is COc1ccc(C(=O)NC(C)(C)c2ccc(F)cc2Cl)c(F)c1. The minimum absolute atomic E-state index is 0.114. The molecule has 0 aliphatic heterocycles. The normalized spacial score (nSPS) is 11.2. The third kappa shape index (κ3) is 3.79. The van der Waals surface area contributed by atoms with E-state index in [1.165, 1.54) is 37.4 Å². The van der Waals surface area contributed by atoms with Crippen LogP contribution >= 0.6 is 11.6 Å². The van der Waals surface area contributed by atoms with Crippen LogP contribution in [0.4, 0.5) is 8.78 Å². The fourth-order valence-electron chi connectivity index (χ4n) is 2.22. The highest BCUT2D eigenvalue weighted by atomic mass is 35.5. The molecule has 1 amide bonds. The first-order valence-electron chi connectivity index (χ1n) is 6.86. The number of ether oxygens (including phenoxy) is 1. The summed E-state index contributed by atoms with van der Waals surface area (Å²) in [6.07, 6.45) is 0. The Balaban J connectivity index is 2.27. The lowest BCUT2D eigenvalue weighted by Crippen LogP contribution is -2.41. The molecule has 0 atom stereocenters. The van der Waals surface area contributed by atoms with E-state index in [2.05, 4.69) is 5.32 Å². The molecule has 0 saturated carbocycles. The molecule has 1 N–H and O–H groups in total. The molecule has 0 heterocycles. The minimum atomic E-state index is -0.908. The van der Waals surface area contributed by atoms with Crippen molar-refractivity contribution in [3.8, 4) is 5.75 Å². The average Bonchev–Trinajstić information content (AvgIpc) is 2.45. The van der Waals surface area contributed by atoms with Gasteiger partial charge < -0.3 is 10.1 Å². The van der Waals surface area contributed by atoms with E-state index in [0.29, 0.717) is 11.3 Å². The predicted octanol–water partition coefficient (Wildman–Crippen LogP) is 4.29. The quantitative estimate of drug-likeness (QED) is 0.902. The van der Waals surface area contributed by atoms with E-state index in [4.69, 9.17) is 16.3 Å². The van der Waals surface area contributed by atoms with Crippen LogP contribution in [0.25, 0.3) is 0 Å².